The lowest BCUT2D eigenvalue weighted by Gasteiger charge is -2.32. The maximum absolute atomic E-state index is 13.1. The Hall–Kier alpha value is -1.54. The van der Waals surface area contributed by atoms with Crippen molar-refractivity contribution in [2.24, 2.45) is 0 Å². The first kappa shape index (κ1) is 19.8. The molecule has 8 heteroatoms. The largest absolute Gasteiger partial charge is 0.495 e. The van der Waals surface area contributed by atoms with Crippen molar-refractivity contribution in [3.8, 4) is 0 Å². The highest BCUT2D eigenvalue weighted by Crippen LogP contribution is 2.37. The second-order valence-electron chi connectivity index (χ2n) is 7.17. The summed E-state index contributed by atoms with van der Waals surface area (Å²) in [7, 11) is -0.785. The normalized spacial score (nSPS) is 19.1. The molecule has 0 aliphatic carbocycles. The molecule has 1 aromatic carbocycles. The average molecular weight is 357 g/mol. The number of alkyl halides is 3. The summed E-state index contributed by atoms with van der Waals surface area (Å²) in [6.45, 7) is 9.71. The van der Waals surface area contributed by atoms with Crippen molar-refractivity contribution >= 4 is 19.0 Å². The molecule has 1 fully saturated rings. The van der Waals surface area contributed by atoms with Gasteiger partial charge in [0.25, 0.3) is 0 Å². The SMILES string of the molecule is CCN(C=O)Cc1cc(C(F)(F)F)ccc1B1OC(C)(C)C(C)(C)O1. The first-order chi connectivity index (χ1) is 11.4. The Bertz CT molecular complexity index is 631. The van der Waals surface area contributed by atoms with Crippen LogP contribution < -0.4 is 5.46 Å². The molecule has 0 spiro atoms. The third kappa shape index (κ3) is 4.01. The number of nitrogens with zero attached hydrogens (tertiary/aromatic N) is 1. The second-order valence-corrected chi connectivity index (χ2v) is 7.17. The molecule has 0 radical (unpaired) electrons. The highest BCUT2D eigenvalue weighted by Gasteiger charge is 2.52. The van der Waals surface area contributed by atoms with Gasteiger partial charge in [-0.15, -0.1) is 0 Å². The molecule has 0 saturated carbocycles. The standard InChI is InChI=1S/C17H23BF3NO3/c1-6-22(11-23)10-12-9-13(17(19,20)21)7-8-14(12)18-24-15(2,3)16(4,5)25-18/h7-9,11H,6,10H2,1-5H3. The molecule has 138 valence electrons. The minimum atomic E-state index is -4.46. The van der Waals surface area contributed by atoms with Crippen LogP contribution in [0.3, 0.4) is 0 Å². The van der Waals surface area contributed by atoms with Gasteiger partial charge in [-0.3, -0.25) is 4.79 Å². The monoisotopic (exact) mass is 357 g/mol. The van der Waals surface area contributed by atoms with E-state index in [0.717, 1.165) is 12.1 Å². The van der Waals surface area contributed by atoms with Crippen molar-refractivity contribution in [2.75, 3.05) is 6.54 Å². The lowest BCUT2D eigenvalue weighted by molar-refractivity contribution is -0.137. The molecule has 0 unspecified atom stereocenters. The zero-order chi connectivity index (χ0) is 19.0. The highest BCUT2D eigenvalue weighted by molar-refractivity contribution is 6.62. The van der Waals surface area contributed by atoms with E-state index in [9.17, 15) is 18.0 Å². The van der Waals surface area contributed by atoms with Crippen LogP contribution in [0.4, 0.5) is 13.2 Å². The summed E-state index contributed by atoms with van der Waals surface area (Å²) in [6.07, 6.45) is -3.84. The molecule has 1 heterocycles. The molecule has 25 heavy (non-hydrogen) atoms. The molecule has 0 bridgehead atoms. The number of benzene rings is 1. The van der Waals surface area contributed by atoms with Crippen molar-refractivity contribution in [3.05, 3.63) is 29.3 Å². The van der Waals surface area contributed by atoms with E-state index in [4.69, 9.17) is 9.31 Å². The van der Waals surface area contributed by atoms with E-state index in [1.54, 1.807) is 6.92 Å². The predicted molar refractivity (Wildman–Crippen MR) is 89.3 cm³/mol. The van der Waals surface area contributed by atoms with Crippen LogP contribution >= 0.6 is 0 Å². The van der Waals surface area contributed by atoms with Gasteiger partial charge in [0.15, 0.2) is 0 Å². The molecule has 0 atom stereocenters. The molecular formula is C17H23BF3NO3. The topological polar surface area (TPSA) is 38.8 Å². The molecular weight excluding hydrogens is 334 g/mol. The predicted octanol–water partition coefficient (Wildman–Crippen LogP) is 2.98. The van der Waals surface area contributed by atoms with Gasteiger partial charge in [0.2, 0.25) is 6.41 Å². The Morgan fingerprint density at radius 2 is 1.72 bits per heavy atom. The fraction of sp³-hybridized carbons (Fsp3) is 0.588. The van der Waals surface area contributed by atoms with Gasteiger partial charge in [0.1, 0.15) is 0 Å². The number of hydrogen-bond acceptors (Lipinski definition) is 3. The van der Waals surface area contributed by atoms with Crippen molar-refractivity contribution in [3.63, 3.8) is 0 Å². The van der Waals surface area contributed by atoms with Crippen LogP contribution in [0.1, 0.15) is 45.7 Å². The number of halogens is 3. The molecule has 1 aromatic rings. The van der Waals surface area contributed by atoms with E-state index in [2.05, 4.69) is 0 Å². The minimum absolute atomic E-state index is 0.0589. The van der Waals surface area contributed by atoms with Crippen LogP contribution in [0, 0.1) is 0 Å². The molecule has 2 rings (SSSR count). The zero-order valence-corrected chi connectivity index (χ0v) is 15.1. The van der Waals surface area contributed by atoms with Gasteiger partial charge in [0, 0.05) is 13.1 Å². The lowest BCUT2D eigenvalue weighted by Crippen LogP contribution is -2.41. The van der Waals surface area contributed by atoms with Crippen molar-refractivity contribution in [1.29, 1.82) is 0 Å². The van der Waals surface area contributed by atoms with Crippen molar-refractivity contribution < 1.29 is 27.3 Å². The Balaban J connectivity index is 2.45. The van der Waals surface area contributed by atoms with Crippen LogP contribution in [-0.4, -0.2) is 36.2 Å². The van der Waals surface area contributed by atoms with Crippen LogP contribution in [0.5, 0.6) is 0 Å². The Labute approximate surface area is 146 Å². The second kappa shape index (κ2) is 6.65. The smallest absolute Gasteiger partial charge is 0.399 e. The van der Waals surface area contributed by atoms with Crippen LogP contribution in [0.2, 0.25) is 0 Å². The molecule has 1 amide bonds. The molecule has 0 aromatic heterocycles. The van der Waals surface area contributed by atoms with Gasteiger partial charge >= 0.3 is 13.3 Å². The first-order valence-electron chi connectivity index (χ1n) is 8.16. The molecule has 0 N–H and O–H groups in total. The number of hydrogen-bond donors (Lipinski definition) is 0. The van der Waals surface area contributed by atoms with Gasteiger partial charge < -0.3 is 14.2 Å². The number of rotatable bonds is 5. The number of amides is 1. The van der Waals surface area contributed by atoms with E-state index in [0.29, 0.717) is 24.0 Å². The summed E-state index contributed by atoms with van der Waals surface area (Å²) in [4.78, 5) is 12.5. The van der Waals surface area contributed by atoms with Crippen LogP contribution in [-0.2, 0) is 26.8 Å². The maximum Gasteiger partial charge on any atom is 0.495 e. The fourth-order valence-corrected chi connectivity index (χ4v) is 2.56. The van der Waals surface area contributed by atoms with E-state index in [1.807, 2.05) is 27.7 Å². The van der Waals surface area contributed by atoms with Gasteiger partial charge in [-0.1, -0.05) is 12.1 Å². The molecule has 1 aliphatic heterocycles. The Kier molecular flexibility index (Phi) is 5.26. The van der Waals surface area contributed by atoms with Gasteiger partial charge in [-0.25, -0.2) is 0 Å². The summed E-state index contributed by atoms with van der Waals surface area (Å²) in [6, 6.07) is 3.45. The van der Waals surface area contributed by atoms with Crippen molar-refractivity contribution in [2.45, 2.75) is 58.5 Å². The maximum atomic E-state index is 13.1. The van der Waals surface area contributed by atoms with E-state index in [1.165, 1.54) is 11.0 Å². The quantitative estimate of drug-likeness (QED) is 0.601. The van der Waals surface area contributed by atoms with E-state index >= 15 is 0 Å². The van der Waals surface area contributed by atoms with Gasteiger partial charge in [0.05, 0.1) is 16.8 Å². The molecule has 4 nitrogen and oxygen atoms in total. The third-order valence-electron chi connectivity index (χ3n) is 4.91. The van der Waals surface area contributed by atoms with Crippen LogP contribution in [0.25, 0.3) is 0 Å². The van der Waals surface area contributed by atoms with Gasteiger partial charge in [-0.05, 0) is 51.7 Å². The first-order valence-corrected chi connectivity index (χ1v) is 8.16. The Morgan fingerprint density at radius 1 is 1.16 bits per heavy atom. The average Bonchev–Trinajstić information content (AvgIpc) is 2.71. The van der Waals surface area contributed by atoms with E-state index in [-0.39, 0.29) is 6.54 Å². The summed E-state index contributed by atoms with van der Waals surface area (Å²) < 4.78 is 51.1. The zero-order valence-electron chi connectivity index (χ0n) is 15.1. The third-order valence-corrected chi connectivity index (χ3v) is 4.91. The van der Waals surface area contributed by atoms with E-state index < -0.39 is 30.1 Å². The summed E-state index contributed by atoms with van der Waals surface area (Å²) in [5, 5.41) is 0. The van der Waals surface area contributed by atoms with Crippen molar-refractivity contribution in [1.82, 2.24) is 4.90 Å². The van der Waals surface area contributed by atoms with Crippen LogP contribution in [0.15, 0.2) is 18.2 Å². The lowest BCUT2D eigenvalue weighted by atomic mass is 9.75. The number of carbonyl (C=O) groups excluding carboxylic acids is 1. The summed E-state index contributed by atoms with van der Waals surface area (Å²) in [5.41, 5.74) is -1.10. The van der Waals surface area contributed by atoms with Gasteiger partial charge in [-0.2, -0.15) is 13.2 Å². The Morgan fingerprint density at radius 3 is 2.16 bits per heavy atom. The molecule has 1 saturated heterocycles. The minimum Gasteiger partial charge on any atom is -0.399 e. The summed E-state index contributed by atoms with van der Waals surface area (Å²) >= 11 is 0. The number of carbonyl (C=O) groups is 1. The summed E-state index contributed by atoms with van der Waals surface area (Å²) in [5.74, 6) is 0. The molecule has 1 aliphatic rings. The highest BCUT2D eigenvalue weighted by atomic mass is 19.4. The fourth-order valence-electron chi connectivity index (χ4n) is 2.56.